The first-order valence-electron chi connectivity index (χ1n) is 6.25. The van der Waals surface area contributed by atoms with Crippen molar-refractivity contribution in [2.45, 2.75) is 18.0 Å². The number of aromatic nitrogens is 1. The highest BCUT2D eigenvalue weighted by Gasteiger charge is 2.72. The van der Waals surface area contributed by atoms with Gasteiger partial charge in [0.1, 0.15) is 5.82 Å². The van der Waals surface area contributed by atoms with Crippen LogP contribution in [0.5, 0.6) is 0 Å². The van der Waals surface area contributed by atoms with Crippen molar-refractivity contribution >= 4 is 22.4 Å². The van der Waals surface area contributed by atoms with E-state index in [0.717, 1.165) is 24.3 Å². The van der Waals surface area contributed by atoms with Crippen LogP contribution in [-0.4, -0.2) is 28.4 Å². The van der Waals surface area contributed by atoms with Gasteiger partial charge in [-0.1, -0.05) is 11.3 Å². The number of nitrogens with one attached hydrogen (secondary N) is 1. The molecule has 0 unspecified atom stereocenters. The molecule has 1 aromatic heterocycles. The number of aliphatic hydroxyl groups is 1. The number of hydrogen-bond acceptors (Lipinski definition) is 4. The van der Waals surface area contributed by atoms with E-state index in [2.05, 4.69) is 4.98 Å². The predicted octanol–water partition coefficient (Wildman–Crippen LogP) is 3.85. The maximum absolute atomic E-state index is 12.8. The van der Waals surface area contributed by atoms with Crippen LogP contribution in [0.4, 0.5) is 35.9 Å². The Morgan fingerprint density at radius 1 is 1.04 bits per heavy atom. The quantitative estimate of drug-likeness (QED) is 0.786. The minimum Gasteiger partial charge on any atom is -0.369 e. The van der Waals surface area contributed by atoms with E-state index < -0.39 is 39.7 Å². The Morgan fingerprint density at radius 3 is 2.04 bits per heavy atom. The highest BCUT2D eigenvalue weighted by molar-refractivity contribution is 7.15. The van der Waals surface area contributed by atoms with Crippen LogP contribution in [0.25, 0.3) is 0 Å². The van der Waals surface area contributed by atoms with Crippen LogP contribution >= 0.6 is 11.3 Å². The van der Waals surface area contributed by atoms with Crippen LogP contribution < -0.4 is 5.32 Å². The summed E-state index contributed by atoms with van der Waals surface area (Å²) in [6, 6.07) is 3.99. The van der Waals surface area contributed by atoms with Gasteiger partial charge in [0.05, 0.1) is 4.88 Å². The summed E-state index contributed by atoms with van der Waals surface area (Å²) >= 11 is -0.187. The minimum atomic E-state index is -6.05. The number of thiazole rings is 1. The largest absolute Gasteiger partial charge is 0.431 e. The molecule has 0 aliphatic heterocycles. The van der Waals surface area contributed by atoms with Crippen LogP contribution in [0, 0.1) is 5.82 Å². The zero-order chi connectivity index (χ0) is 19.0. The van der Waals surface area contributed by atoms with Crippen molar-refractivity contribution in [1.82, 2.24) is 4.98 Å². The van der Waals surface area contributed by atoms with Gasteiger partial charge in [-0.15, -0.1) is 0 Å². The van der Waals surface area contributed by atoms with Crippen LogP contribution in [0.1, 0.15) is 15.2 Å². The number of benzene rings is 1. The third-order valence-electron chi connectivity index (χ3n) is 3.01. The molecule has 1 amide bonds. The van der Waals surface area contributed by atoms with Crippen LogP contribution in [0.15, 0.2) is 30.5 Å². The molecule has 2 aromatic rings. The van der Waals surface area contributed by atoms with Crippen molar-refractivity contribution in [3.8, 4) is 0 Å². The fraction of sp³-hybridized carbons (Fsp3) is 0.231. The average Bonchev–Trinajstić information content (AvgIpc) is 2.93. The van der Waals surface area contributed by atoms with E-state index in [0.29, 0.717) is 0 Å². The fourth-order valence-electron chi connectivity index (χ4n) is 1.71. The molecule has 1 heterocycles. The number of amides is 1. The summed E-state index contributed by atoms with van der Waals surface area (Å²) in [5, 5.41) is 10.6. The van der Waals surface area contributed by atoms with Gasteiger partial charge in [0.15, 0.2) is 5.13 Å². The van der Waals surface area contributed by atoms with Crippen LogP contribution in [0.3, 0.4) is 0 Å². The Bertz CT molecular complexity index is 754. The lowest BCUT2D eigenvalue weighted by atomic mass is 10.0. The van der Waals surface area contributed by atoms with Gasteiger partial charge in [0.2, 0.25) is 0 Å². The third-order valence-corrected chi connectivity index (χ3v) is 4.03. The van der Waals surface area contributed by atoms with E-state index in [1.165, 1.54) is 0 Å². The summed E-state index contributed by atoms with van der Waals surface area (Å²) in [6.07, 6.45) is -11.9. The highest BCUT2D eigenvalue weighted by Crippen LogP contribution is 2.51. The molecule has 0 radical (unpaired) electrons. The summed E-state index contributed by atoms with van der Waals surface area (Å²) in [7, 11) is 0. The normalized spacial score (nSPS) is 13.0. The molecule has 0 fully saturated rings. The van der Waals surface area contributed by atoms with E-state index in [9.17, 15) is 40.6 Å². The number of carbonyl (C=O) groups is 1. The third kappa shape index (κ3) is 3.58. The number of alkyl halides is 6. The number of hydrogen-bond donors (Lipinski definition) is 2. The smallest absolute Gasteiger partial charge is 0.369 e. The van der Waals surface area contributed by atoms with E-state index in [1.54, 1.807) is 0 Å². The SMILES string of the molecule is O=C(Nc1ncc(C(O)(C(F)(F)F)C(F)(F)F)s1)c1ccc(F)cc1. The Morgan fingerprint density at radius 2 is 1.56 bits per heavy atom. The van der Waals surface area contributed by atoms with Crippen molar-refractivity contribution in [2.24, 2.45) is 0 Å². The zero-order valence-electron chi connectivity index (χ0n) is 11.7. The molecule has 0 saturated carbocycles. The monoisotopic (exact) mass is 388 g/mol. The molecule has 2 rings (SSSR count). The van der Waals surface area contributed by atoms with E-state index >= 15 is 0 Å². The standard InChI is InChI=1S/C13H7F7N2O2S/c14-7-3-1-6(2-4-7)9(23)22-10-21-5-8(25-10)11(24,12(15,16)17)13(18,19)20/h1-5,24H,(H,21,22,23). The molecule has 0 aliphatic carbocycles. The number of rotatable bonds is 3. The molecule has 0 spiro atoms. The lowest BCUT2D eigenvalue weighted by molar-refractivity contribution is -0.375. The lowest BCUT2D eigenvalue weighted by Gasteiger charge is -2.30. The van der Waals surface area contributed by atoms with Crippen molar-refractivity contribution in [2.75, 3.05) is 5.32 Å². The minimum absolute atomic E-state index is 0.0972. The molecule has 0 bridgehead atoms. The summed E-state index contributed by atoms with van der Waals surface area (Å²) < 4.78 is 89.2. The van der Waals surface area contributed by atoms with E-state index in [4.69, 9.17) is 0 Å². The van der Waals surface area contributed by atoms with E-state index in [1.807, 2.05) is 5.32 Å². The topological polar surface area (TPSA) is 62.2 Å². The number of halogens is 7. The van der Waals surface area contributed by atoms with Gasteiger partial charge in [0, 0.05) is 11.8 Å². The van der Waals surface area contributed by atoms with E-state index in [-0.39, 0.29) is 23.1 Å². The Hall–Kier alpha value is -2.21. The molecule has 12 heteroatoms. The summed E-state index contributed by atoms with van der Waals surface area (Å²) in [5.41, 5.74) is -5.21. The maximum Gasteiger partial charge on any atom is 0.431 e. The summed E-state index contributed by atoms with van der Waals surface area (Å²) in [4.78, 5) is 13.5. The second-order valence-corrected chi connectivity index (χ2v) is 5.73. The van der Waals surface area contributed by atoms with Gasteiger partial charge >= 0.3 is 12.4 Å². The lowest BCUT2D eigenvalue weighted by Crippen LogP contribution is -2.53. The predicted molar refractivity (Wildman–Crippen MR) is 72.5 cm³/mol. The first-order chi connectivity index (χ1) is 11.4. The fourth-order valence-corrected chi connectivity index (χ4v) is 2.65. The molecule has 1 aromatic carbocycles. The Labute approximate surface area is 138 Å². The van der Waals surface area contributed by atoms with Gasteiger partial charge < -0.3 is 5.11 Å². The van der Waals surface area contributed by atoms with Gasteiger partial charge in [-0.05, 0) is 24.3 Å². The summed E-state index contributed by atoms with van der Waals surface area (Å²) in [6.45, 7) is 0. The van der Waals surface area contributed by atoms with Gasteiger partial charge in [-0.25, -0.2) is 9.37 Å². The maximum atomic E-state index is 12.8. The number of carbonyl (C=O) groups excluding carboxylic acids is 1. The second kappa shape index (κ2) is 6.26. The van der Waals surface area contributed by atoms with Gasteiger partial charge in [-0.2, -0.15) is 26.3 Å². The number of nitrogens with zero attached hydrogens (tertiary/aromatic N) is 1. The van der Waals surface area contributed by atoms with Gasteiger partial charge in [-0.3, -0.25) is 10.1 Å². The first-order valence-corrected chi connectivity index (χ1v) is 7.07. The van der Waals surface area contributed by atoms with Crippen molar-refractivity contribution in [3.63, 3.8) is 0 Å². The molecule has 0 saturated heterocycles. The molecule has 2 N–H and O–H groups in total. The molecular formula is C13H7F7N2O2S. The molecule has 25 heavy (non-hydrogen) atoms. The van der Waals surface area contributed by atoms with Crippen LogP contribution in [-0.2, 0) is 5.60 Å². The van der Waals surface area contributed by atoms with Crippen molar-refractivity contribution in [3.05, 3.63) is 46.7 Å². The molecule has 0 atom stereocenters. The molecule has 4 nitrogen and oxygen atoms in total. The number of anilines is 1. The van der Waals surface area contributed by atoms with Crippen molar-refractivity contribution in [1.29, 1.82) is 0 Å². The highest BCUT2D eigenvalue weighted by atomic mass is 32.1. The molecular weight excluding hydrogens is 381 g/mol. The zero-order valence-corrected chi connectivity index (χ0v) is 12.6. The van der Waals surface area contributed by atoms with Gasteiger partial charge in [0.25, 0.3) is 11.5 Å². The Kier molecular flexibility index (Phi) is 4.79. The second-order valence-electron chi connectivity index (χ2n) is 4.70. The average molecular weight is 388 g/mol. The molecule has 136 valence electrons. The molecule has 0 aliphatic rings. The summed E-state index contributed by atoms with van der Waals surface area (Å²) in [5.74, 6) is -1.57. The Balaban J connectivity index is 2.29. The van der Waals surface area contributed by atoms with Crippen molar-refractivity contribution < 1.29 is 40.6 Å². The van der Waals surface area contributed by atoms with Crippen LogP contribution in [0.2, 0.25) is 0 Å². The first kappa shape index (κ1) is 19.1.